The maximum absolute atomic E-state index is 7.88. The van der Waals surface area contributed by atoms with Gasteiger partial charge in [-0.3, -0.25) is 4.84 Å². The molecule has 0 amide bonds. The zero-order chi connectivity index (χ0) is 6.41. The Labute approximate surface area is 51.0 Å². The second-order valence-corrected chi connectivity index (χ2v) is 2.37. The van der Waals surface area contributed by atoms with E-state index in [1.54, 1.807) is 0 Å². The second kappa shape index (κ2) is 5.06. The summed E-state index contributed by atoms with van der Waals surface area (Å²) in [4.78, 5) is 3.89. The highest BCUT2D eigenvalue weighted by molar-refractivity contribution is 4.42. The predicted molar refractivity (Wildman–Crippen MR) is 32.2 cm³/mol. The van der Waals surface area contributed by atoms with Gasteiger partial charge in [-0.15, -0.1) is 0 Å². The van der Waals surface area contributed by atoms with Crippen molar-refractivity contribution in [3.05, 3.63) is 0 Å². The molecule has 8 heavy (non-hydrogen) atoms. The van der Waals surface area contributed by atoms with Crippen molar-refractivity contribution >= 4 is 0 Å². The van der Waals surface area contributed by atoms with Gasteiger partial charge in [0.2, 0.25) is 0 Å². The quantitative estimate of drug-likeness (QED) is 0.402. The van der Waals surface area contributed by atoms with E-state index in [0.29, 0.717) is 12.5 Å². The highest BCUT2D eigenvalue weighted by atomic mass is 16.6. The molecule has 0 aromatic carbocycles. The third-order valence-corrected chi connectivity index (χ3v) is 1.02. The summed E-state index contributed by atoms with van der Waals surface area (Å²) in [6.07, 6.45) is 2.08. The molecule has 0 fully saturated rings. The molecule has 0 atom stereocenters. The highest BCUT2D eigenvalue weighted by Crippen LogP contribution is 2.01. The Hall–Kier alpha value is -0.0800. The molecule has 0 heterocycles. The lowest BCUT2D eigenvalue weighted by atomic mass is 10.1. The Morgan fingerprint density at radius 3 is 2.50 bits per heavy atom. The van der Waals surface area contributed by atoms with Crippen molar-refractivity contribution in [1.29, 1.82) is 0 Å². The minimum absolute atomic E-state index is 0.470. The largest absolute Gasteiger partial charge is 0.264 e. The normalized spacial score (nSPS) is 10.5. The van der Waals surface area contributed by atoms with Crippen molar-refractivity contribution in [2.45, 2.75) is 26.7 Å². The Kier molecular flexibility index (Phi) is 5.01. The summed E-state index contributed by atoms with van der Waals surface area (Å²) >= 11 is 0. The molecule has 0 unspecified atom stereocenters. The molecule has 0 aliphatic heterocycles. The van der Waals surface area contributed by atoms with Crippen molar-refractivity contribution in [3.8, 4) is 0 Å². The van der Waals surface area contributed by atoms with Gasteiger partial charge in [0.1, 0.15) is 0 Å². The first kappa shape index (κ1) is 7.92. The summed E-state index contributed by atoms with van der Waals surface area (Å²) in [6.45, 7) is 4.77. The van der Waals surface area contributed by atoms with Crippen LogP contribution in [0.1, 0.15) is 26.7 Å². The van der Waals surface area contributed by atoms with E-state index in [0.717, 1.165) is 12.8 Å². The Balaban J connectivity index is 2.72. The number of rotatable bonds is 4. The molecule has 0 saturated carbocycles. The summed E-state index contributed by atoms with van der Waals surface area (Å²) in [5.74, 6) is 8.59. The van der Waals surface area contributed by atoms with Crippen LogP contribution in [0.4, 0.5) is 0 Å². The summed E-state index contributed by atoms with van der Waals surface area (Å²) in [7, 11) is 0. The van der Waals surface area contributed by atoms with Crippen molar-refractivity contribution in [2.75, 3.05) is 6.61 Å². The first-order valence-electron chi connectivity index (χ1n) is 3.03. The van der Waals surface area contributed by atoms with Crippen LogP contribution < -0.4 is 5.90 Å². The number of hydrogen-bond donors (Lipinski definition) is 0. The Bertz CT molecular complexity index is 45.8. The van der Waals surface area contributed by atoms with Gasteiger partial charge in [-0.1, -0.05) is 13.8 Å². The maximum Gasteiger partial charge on any atom is 0.0720 e. The zero-order valence-electron chi connectivity index (χ0n) is 5.55. The van der Waals surface area contributed by atoms with Crippen molar-refractivity contribution in [3.63, 3.8) is 0 Å². The van der Waals surface area contributed by atoms with Gasteiger partial charge in [0, 0.05) is 5.90 Å². The third kappa shape index (κ3) is 5.92. The lowest BCUT2D eigenvalue weighted by Crippen LogP contribution is -1.93. The topological polar surface area (TPSA) is 31.5 Å². The summed E-state index contributed by atoms with van der Waals surface area (Å²) < 4.78 is 0. The molecular formula is C6H13NO. The molecule has 0 aliphatic carbocycles. The SMILES string of the molecule is CC(C)CCCO[N]. The van der Waals surface area contributed by atoms with Crippen LogP contribution in [-0.4, -0.2) is 6.61 Å². The first-order valence-corrected chi connectivity index (χ1v) is 3.03. The molecule has 0 saturated heterocycles. The molecule has 2 heteroatoms. The van der Waals surface area contributed by atoms with Gasteiger partial charge >= 0.3 is 0 Å². The van der Waals surface area contributed by atoms with Gasteiger partial charge in [0.05, 0.1) is 6.61 Å². The van der Waals surface area contributed by atoms with Crippen LogP contribution in [0, 0.1) is 5.92 Å². The minimum atomic E-state index is 0.470. The Morgan fingerprint density at radius 2 is 2.12 bits per heavy atom. The number of nitrogens with zero attached hydrogens (tertiary/aromatic N) is 1. The standard InChI is InChI=1S/C6H13NO/c1-6(2)4-3-5-8-7/h6H,3-5H2,1-2H3. The molecular weight excluding hydrogens is 102 g/mol. The van der Waals surface area contributed by atoms with Gasteiger partial charge in [-0.05, 0) is 18.8 Å². The summed E-state index contributed by atoms with van der Waals surface area (Å²) in [5, 5.41) is 0. The highest BCUT2D eigenvalue weighted by Gasteiger charge is 1.91. The summed E-state index contributed by atoms with van der Waals surface area (Å²) in [5.41, 5.74) is 0. The monoisotopic (exact) mass is 115 g/mol. The molecule has 0 aromatic rings. The molecule has 2 nitrogen and oxygen atoms in total. The van der Waals surface area contributed by atoms with E-state index in [1.807, 2.05) is 0 Å². The van der Waals surface area contributed by atoms with Crippen molar-refractivity contribution in [2.24, 2.45) is 5.92 Å². The first-order chi connectivity index (χ1) is 3.77. The molecule has 0 bridgehead atoms. The maximum atomic E-state index is 7.88. The van der Waals surface area contributed by atoms with E-state index in [1.165, 1.54) is 0 Å². The predicted octanol–water partition coefficient (Wildman–Crippen LogP) is 1.42. The van der Waals surface area contributed by atoms with E-state index < -0.39 is 0 Å². The lowest BCUT2D eigenvalue weighted by Gasteiger charge is -1.99. The van der Waals surface area contributed by atoms with Crippen LogP contribution in [-0.2, 0) is 4.84 Å². The fourth-order valence-corrected chi connectivity index (χ4v) is 0.556. The van der Waals surface area contributed by atoms with Crippen LogP contribution in [0.3, 0.4) is 0 Å². The average molecular weight is 115 g/mol. The molecule has 48 valence electrons. The molecule has 2 radical (unpaired) electrons. The lowest BCUT2D eigenvalue weighted by molar-refractivity contribution is 0.112. The van der Waals surface area contributed by atoms with Crippen molar-refractivity contribution in [1.82, 2.24) is 5.90 Å². The molecule has 0 N–H and O–H groups in total. The van der Waals surface area contributed by atoms with Crippen molar-refractivity contribution < 1.29 is 4.84 Å². The van der Waals surface area contributed by atoms with Gasteiger partial charge < -0.3 is 0 Å². The molecule has 0 aromatic heterocycles. The smallest absolute Gasteiger partial charge is 0.0720 e. The van der Waals surface area contributed by atoms with Crippen LogP contribution in [0.15, 0.2) is 0 Å². The summed E-state index contributed by atoms with van der Waals surface area (Å²) in [6, 6.07) is 0. The van der Waals surface area contributed by atoms with Crippen LogP contribution in [0.2, 0.25) is 0 Å². The molecule has 0 spiro atoms. The Morgan fingerprint density at radius 1 is 1.50 bits per heavy atom. The zero-order valence-corrected chi connectivity index (χ0v) is 5.55. The van der Waals surface area contributed by atoms with Gasteiger partial charge in [0.15, 0.2) is 0 Å². The average Bonchev–Trinajstić information content (AvgIpc) is 1.66. The van der Waals surface area contributed by atoms with E-state index in [2.05, 4.69) is 18.7 Å². The van der Waals surface area contributed by atoms with E-state index in [9.17, 15) is 0 Å². The second-order valence-electron chi connectivity index (χ2n) is 2.37. The van der Waals surface area contributed by atoms with Crippen LogP contribution in [0.5, 0.6) is 0 Å². The fraction of sp³-hybridized carbons (Fsp3) is 1.00. The van der Waals surface area contributed by atoms with Gasteiger partial charge in [0.25, 0.3) is 0 Å². The fourth-order valence-electron chi connectivity index (χ4n) is 0.556. The van der Waals surface area contributed by atoms with Gasteiger partial charge in [-0.25, -0.2) is 0 Å². The van der Waals surface area contributed by atoms with E-state index in [4.69, 9.17) is 5.90 Å². The van der Waals surface area contributed by atoms with Crippen LogP contribution in [0.25, 0.3) is 0 Å². The minimum Gasteiger partial charge on any atom is -0.264 e. The molecule has 0 aliphatic rings. The van der Waals surface area contributed by atoms with Gasteiger partial charge in [-0.2, -0.15) is 0 Å². The third-order valence-electron chi connectivity index (χ3n) is 1.02. The molecule has 0 rings (SSSR count). The van der Waals surface area contributed by atoms with E-state index in [-0.39, 0.29) is 0 Å². The van der Waals surface area contributed by atoms with Crippen LogP contribution >= 0.6 is 0 Å². The van der Waals surface area contributed by atoms with E-state index >= 15 is 0 Å². The number of hydrogen-bond acceptors (Lipinski definition) is 1.